The summed E-state index contributed by atoms with van der Waals surface area (Å²) in [5.41, 5.74) is 7.95. The Balaban J connectivity index is 0.00000400. The van der Waals surface area contributed by atoms with Gasteiger partial charge in [0.1, 0.15) is 0 Å². The maximum absolute atomic E-state index is 12.6. The third kappa shape index (κ3) is 5.72. The molecule has 1 aromatic rings. The summed E-state index contributed by atoms with van der Waals surface area (Å²) < 4.78 is 75.7. The zero-order valence-electron chi connectivity index (χ0n) is 10.8. The van der Waals surface area contributed by atoms with Crippen LogP contribution in [0.25, 0.3) is 0 Å². The van der Waals surface area contributed by atoms with E-state index in [1.807, 2.05) is 0 Å². The highest BCUT2D eigenvalue weighted by atomic mass is 35.5. The van der Waals surface area contributed by atoms with E-state index in [-0.39, 0.29) is 37.0 Å². The molecule has 0 saturated heterocycles. The lowest BCUT2D eigenvalue weighted by Gasteiger charge is -2.17. The van der Waals surface area contributed by atoms with E-state index < -0.39 is 29.5 Å². The van der Waals surface area contributed by atoms with Crippen molar-refractivity contribution in [2.45, 2.75) is 31.2 Å². The van der Waals surface area contributed by atoms with Crippen LogP contribution in [-0.4, -0.2) is 6.54 Å². The predicted molar refractivity (Wildman–Crippen MR) is 68.9 cm³/mol. The van der Waals surface area contributed by atoms with Crippen LogP contribution in [0.2, 0.25) is 0 Å². The SMILES string of the molecule is Cl.NCCC[C@@H](N)c1cc(C(F)(F)F)cc(C(F)(F)F)c1. The molecular formula is C12H15ClF6N2. The molecule has 21 heavy (non-hydrogen) atoms. The number of alkyl halides is 6. The summed E-state index contributed by atoms with van der Waals surface area (Å²) in [4.78, 5) is 0. The molecular weight excluding hydrogens is 322 g/mol. The summed E-state index contributed by atoms with van der Waals surface area (Å²) >= 11 is 0. The van der Waals surface area contributed by atoms with Gasteiger partial charge in [-0.05, 0) is 43.1 Å². The maximum atomic E-state index is 12.6. The van der Waals surface area contributed by atoms with E-state index in [9.17, 15) is 26.3 Å². The molecule has 0 unspecified atom stereocenters. The van der Waals surface area contributed by atoms with E-state index in [4.69, 9.17) is 11.5 Å². The quantitative estimate of drug-likeness (QED) is 0.820. The standard InChI is InChI=1S/C12H14F6N2.ClH/c13-11(14,15)8-4-7(10(20)2-1-3-19)5-9(6-8)12(16,17)18;/h4-6,10H,1-3,19-20H2;1H/t10-;/m1./s1. The third-order valence-electron chi connectivity index (χ3n) is 2.76. The summed E-state index contributed by atoms with van der Waals surface area (Å²) in [5.74, 6) is 0. The smallest absolute Gasteiger partial charge is 0.330 e. The Bertz CT molecular complexity index is 426. The average molecular weight is 337 g/mol. The molecule has 0 fully saturated rings. The van der Waals surface area contributed by atoms with Crippen molar-refractivity contribution in [3.05, 3.63) is 34.9 Å². The molecule has 1 atom stereocenters. The monoisotopic (exact) mass is 336 g/mol. The first kappa shape index (κ1) is 20.0. The lowest BCUT2D eigenvalue weighted by Crippen LogP contribution is -2.17. The van der Waals surface area contributed by atoms with Crippen molar-refractivity contribution in [3.63, 3.8) is 0 Å². The number of rotatable bonds is 4. The van der Waals surface area contributed by atoms with Gasteiger partial charge in [0.15, 0.2) is 0 Å². The highest BCUT2D eigenvalue weighted by Gasteiger charge is 2.37. The minimum Gasteiger partial charge on any atom is -0.330 e. The third-order valence-corrected chi connectivity index (χ3v) is 2.76. The second kappa shape index (κ2) is 7.33. The lowest BCUT2D eigenvalue weighted by atomic mass is 9.97. The van der Waals surface area contributed by atoms with Crippen LogP contribution in [0.15, 0.2) is 18.2 Å². The van der Waals surface area contributed by atoms with Crippen LogP contribution in [0, 0.1) is 0 Å². The van der Waals surface area contributed by atoms with Crippen molar-refractivity contribution >= 4 is 12.4 Å². The second-order valence-electron chi connectivity index (χ2n) is 4.38. The van der Waals surface area contributed by atoms with Crippen molar-refractivity contribution in [2.75, 3.05) is 6.54 Å². The van der Waals surface area contributed by atoms with Gasteiger partial charge in [0, 0.05) is 6.04 Å². The number of hydrogen-bond acceptors (Lipinski definition) is 2. The fraction of sp³-hybridized carbons (Fsp3) is 0.500. The van der Waals surface area contributed by atoms with Gasteiger partial charge in [-0.15, -0.1) is 12.4 Å². The highest BCUT2D eigenvalue weighted by Crippen LogP contribution is 2.37. The number of halogens is 7. The van der Waals surface area contributed by atoms with Gasteiger partial charge in [0.25, 0.3) is 0 Å². The van der Waals surface area contributed by atoms with E-state index in [2.05, 4.69) is 0 Å². The fourth-order valence-corrected chi connectivity index (χ4v) is 1.70. The first-order chi connectivity index (χ1) is 9.05. The van der Waals surface area contributed by atoms with E-state index in [0.29, 0.717) is 18.6 Å². The molecule has 0 spiro atoms. The minimum absolute atomic E-state index is 0. The van der Waals surface area contributed by atoms with Crippen LogP contribution in [-0.2, 0) is 12.4 Å². The molecule has 0 aliphatic heterocycles. The van der Waals surface area contributed by atoms with Gasteiger partial charge in [-0.3, -0.25) is 0 Å². The largest absolute Gasteiger partial charge is 0.416 e. The van der Waals surface area contributed by atoms with E-state index in [1.165, 1.54) is 0 Å². The molecule has 0 aromatic heterocycles. The van der Waals surface area contributed by atoms with Gasteiger partial charge in [-0.1, -0.05) is 0 Å². The van der Waals surface area contributed by atoms with Gasteiger partial charge >= 0.3 is 12.4 Å². The van der Waals surface area contributed by atoms with Crippen LogP contribution in [0.5, 0.6) is 0 Å². The van der Waals surface area contributed by atoms with Crippen molar-refractivity contribution in [3.8, 4) is 0 Å². The molecule has 1 aromatic carbocycles. The van der Waals surface area contributed by atoms with Crippen molar-refractivity contribution in [1.29, 1.82) is 0 Å². The zero-order chi connectivity index (χ0) is 15.6. The Hall–Kier alpha value is -0.990. The maximum Gasteiger partial charge on any atom is 0.416 e. The minimum atomic E-state index is -4.86. The Labute approximate surface area is 123 Å². The summed E-state index contributed by atoms with van der Waals surface area (Å²) in [6.07, 6.45) is -9.08. The van der Waals surface area contributed by atoms with Crippen molar-refractivity contribution in [2.24, 2.45) is 11.5 Å². The number of benzene rings is 1. The van der Waals surface area contributed by atoms with Crippen LogP contribution < -0.4 is 11.5 Å². The highest BCUT2D eigenvalue weighted by molar-refractivity contribution is 5.85. The van der Waals surface area contributed by atoms with Crippen LogP contribution in [0.1, 0.15) is 35.6 Å². The van der Waals surface area contributed by atoms with Crippen LogP contribution >= 0.6 is 12.4 Å². The lowest BCUT2D eigenvalue weighted by molar-refractivity contribution is -0.143. The fourth-order valence-electron chi connectivity index (χ4n) is 1.70. The van der Waals surface area contributed by atoms with Gasteiger partial charge in [-0.25, -0.2) is 0 Å². The second-order valence-corrected chi connectivity index (χ2v) is 4.38. The van der Waals surface area contributed by atoms with E-state index >= 15 is 0 Å². The molecule has 0 heterocycles. The average Bonchev–Trinajstić information content (AvgIpc) is 2.33. The van der Waals surface area contributed by atoms with Gasteiger partial charge < -0.3 is 11.5 Å². The molecule has 4 N–H and O–H groups in total. The van der Waals surface area contributed by atoms with Gasteiger partial charge in [0.05, 0.1) is 11.1 Å². The topological polar surface area (TPSA) is 52.0 Å². The number of nitrogens with two attached hydrogens (primary N) is 2. The van der Waals surface area contributed by atoms with E-state index in [0.717, 1.165) is 0 Å². The summed E-state index contributed by atoms with van der Waals surface area (Å²) in [6.45, 7) is 0.263. The molecule has 122 valence electrons. The molecule has 0 amide bonds. The molecule has 0 aliphatic carbocycles. The molecule has 0 radical (unpaired) electrons. The Morgan fingerprint density at radius 1 is 0.905 bits per heavy atom. The Kier molecular flexibility index (Phi) is 6.98. The summed E-state index contributed by atoms with van der Waals surface area (Å²) in [6, 6.07) is 0.466. The molecule has 1 rings (SSSR count). The zero-order valence-corrected chi connectivity index (χ0v) is 11.6. The summed E-state index contributed by atoms with van der Waals surface area (Å²) in [5, 5.41) is 0. The van der Waals surface area contributed by atoms with Crippen LogP contribution in [0.3, 0.4) is 0 Å². The normalized spacial score (nSPS) is 13.7. The molecule has 0 bridgehead atoms. The van der Waals surface area contributed by atoms with Gasteiger partial charge in [0.2, 0.25) is 0 Å². The first-order valence-electron chi connectivity index (χ1n) is 5.80. The first-order valence-corrected chi connectivity index (χ1v) is 5.80. The van der Waals surface area contributed by atoms with Crippen molar-refractivity contribution in [1.82, 2.24) is 0 Å². The molecule has 0 saturated carbocycles. The Morgan fingerprint density at radius 2 is 1.33 bits per heavy atom. The van der Waals surface area contributed by atoms with Crippen LogP contribution in [0.4, 0.5) is 26.3 Å². The van der Waals surface area contributed by atoms with Crippen molar-refractivity contribution < 1.29 is 26.3 Å². The predicted octanol–water partition coefficient (Wildman–Crippen LogP) is 3.88. The molecule has 9 heteroatoms. The summed E-state index contributed by atoms with van der Waals surface area (Å²) in [7, 11) is 0. The molecule has 2 nitrogen and oxygen atoms in total. The Morgan fingerprint density at radius 3 is 1.67 bits per heavy atom. The molecule has 0 aliphatic rings. The van der Waals surface area contributed by atoms with E-state index in [1.54, 1.807) is 0 Å². The van der Waals surface area contributed by atoms with Gasteiger partial charge in [-0.2, -0.15) is 26.3 Å². The number of hydrogen-bond donors (Lipinski definition) is 2.